The summed E-state index contributed by atoms with van der Waals surface area (Å²) in [4.78, 5) is 3.90. The number of fused-ring (bicyclic) bond motifs is 1. The Morgan fingerprint density at radius 1 is 1.50 bits per heavy atom. The van der Waals surface area contributed by atoms with Gasteiger partial charge in [0.25, 0.3) is 5.78 Å². The first-order valence-corrected chi connectivity index (χ1v) is 3.37. The molecule has 0 amide bonds. The highest BCUT2D eigenvalue weighted by atomic mass is 16.3. The Bertz CT molecular complexity index is 409. The number of aliphatic hydroxyl groups is 1. The molecular weight excluding hydrogens is 158 g/mol. The Kier molecular flexibility index (Phi) is 1.41. The fourth-order valence-electron chi connectivity index (χ4n) is 0.957. The van der Waals surface area contributed by atoms with Gasteiger partial charge in [0.15, 0.2) is 5.82 Å². The lowest BCUT2D eigenvalue weighted by Crippen LogP contribution is -1.97. The molecule has 2 aromatic heterocycles. The normalized spacial score (nSPS) is 10.8. The number of anilines is 1. The van der Waals surface area contributed by atoms with E-state index in [0.717, 1.165) is 0 Å². The zero-order valence-electron chi connectivity index (χ0n) is 6.18. The largest absolute Gasteiger partial charge is 0.396 e. The average Bonchev–Trinajstić information content (AvgIpc) is 2.46. The van der Waals surface area contributed by atoms with Crippen LogP contribution in [0.4, 0.5) is 5.69 Å². The van der Waals surface area contributed by atoms with Crippen molar-refractivity contribution in [2.24, 2.45) is 0 Å². The van der Waals surface area contributed by atoms with Crippen molar-refractivity contribution in [3.05, 3.63) is 18.2 Å². The summed E-state index contributed by atoms with van der Waals surface area (Å²) in [6, 6.07) is 0. The van der Waals surface area contributed by atoms with Crippen molar-refractivity contribution in [3.8, 4) is 0 Å². The van der Waals surface area contributed by atoms with E-state index >= 15 is 0 Å². The number of aromatic nitrogens is 4. The van der Waals surface area contributed by atoms with Crippen molar-refractivity contribution in [1.82, 2.24) is 19.6 Å². The SMILES string of the molecule is Nc1cnc2nnc(CO)n2c1. The van der Waals surface area contributed by atoms with Crippen LogP contribution in [-0.2, 0) is 6.61 Å². The lowest BCUT2D eigenvalue weighted by Gasteiger charge is -1.95. The maximum absolute atomic E-state index is 8.82. The molecule has 2 aromatic rings. The lowest BCUT2D eigenvalue weighted by molar-refractivity contribution is 0.270. The quantitative estimate of drug-likeness (QED) is 0.577. The van der Waals surface area contributed by atoms with Crippen molar-refractivity contribution >= 4 is 11.5 Å². The second kappa shape index (κ2) is 2.42. The summed E-state index contributed by atoms with van der Waals surface area (Å²) in [6.07, 6.45) is 3.11. The lowest BCUT2D eigenvalue weighted by atomic mass is 10.5. The summed E-state index contributed by atoms with van der Waals surface area (Å²) in [6.45, 7) is -0.174. The number of nitrogens with zero attached hydrogens (tertiary/aromatic N) is 4. The van der Waals surface area contributed by atoms with Crippen molar-refractivity contribution < 1.29 is 5.11 Å². The first-order valence-electron chi connectivity index (χ1n) is 3.37. The molecule has 6 nitrogen and oxygen atoms in total. The fourth-order valence-corrected chi connectivity index (χ4v) is 0.957. The van der Waals surface area contributed by atoms with Gasteiger partial charge in [0.2, 0.25) is 0 Å². The third-order valence-electron chi connectivity index (χ3n) is 1.50. The van der Waals surface area contributed by atoms with Crippen molar-refractivity contribution in [3.63, 3.8) is 0 Å². The van der Waals surface area contributed by atoms with Gasteiger partial charge < -0.3 is 10.8 Å². The Labute approximate surface area is 67.7 Å². The Morgan fingerprint density at radius 3 is 3.08 bits per heavy atom. The van der Waals surface area contributed by atoms with Gasteiger partial charge in [-0.3, -0.25) is 4.40 Å². The topological polar surface area (TPSA) is 89.3 Å². The molecule has 0 saturated carbocycles. The van der Waals surface area contributed by atoms with Gasteiger partial charge in [-0.2, -0.15) is 0 Å². The number of nitrogens with two attached hydrogens (primary N) is 1. The molecule has 0 spiro atoms. The highest BCUT2D eigenvalue weighted by Crippen LogP contribution is 2.04. The van der Waals surface area contributed by atoms with Gasteiger partial charge in [-0.25, -0.2) is 4.98 Å². The predicted octanol–water partition coefficient (Wildman–Crippen LogP) is -0.801. The van der Waals surface area contributed by atoms with Crippen LogP contribution in [0.15, 0.2) is 12.4 Å². The van der Waals surface area contributed by atoms with Gasteiger partial charge in [0.1, 0.15) is 6.61 Å². The maximum Gasteiger partial charge on any atom is 0.255 e. The second-order valence-corrected chi connectivity index (χ2v) is 2.33. The van der Waals surface area contributed by atoms with Crippen LogP contribution in [0.25, 0.3) is 5.78 Å². The number of hydrogen-bond acceptors (Lipinski definition) is 5. The molecule has 0 atom stereocenters. The highest BCUT2D eigenvalue weighted by Gasteiger charge is 2.03. The maximum atomic E-state index is 8.82. The highest BCUT2D eigenvalue weighted by molar-refractivity contribution is 5.38. The minimum Gasteiger partial charge on any atom is -0.396 e. The minimum absolute atomic E-state index is 0.174. The summed E-state index contributed by atoms with van der Waals surface area (Å²) in [7, 11) is 0. The summed E-state index contributed by atoms with van der Waals surface area (Å²) in [5.41, 5.74) is 6.00. The standard InChI is InChI=1S/C6H7N5O/c7-4-1-8-6-10-9-5(3-12)11(6)2-4/h1-2,12H,3,7H2. The van der Waals surface area contributed by atoms with Gasteiger partial charge >= 0.3 is 0 Å². The molecule has 6 heteroatoms. The van der Waals surface area contributed by atoms with Crippen LogP contribution < -0.4 is 5.73 Å². The molecule has 0 saturated heterocycles. The van der Waals surface area contributed by atoms with Crippen LogP contribution >= 0.6 is 0 Å². The van der Waals surface area contributed by atoms with Crippen LogP contribution in [0.5, 0.6) is 0 Å². The first-order chi connectivity index (χ1) is 5.81. The average molecular weight is 165 g/mol. The molecule has 2 rings (SSSR count). The van der Waals surface area contributed by atoms with E-state index in [2.05, 4.69) is 15.2 Å². The number of hydrogen-bond donors (Lipinski definition) is 2. The Balaban J connectivity index is 2.75. The minimum atomic E-state index is -0.174. The van der Waals surface area contributed by atoms with Crippen LogP contribution in [0.1, 0.15) is 5.82 Å². The summed E-state index contributed by atoms with van der Waals surface area (Å²) >= 11 is 0. The second-order valence-electron chi connectivity index (χ2n) is 2.33. The third kappa shape index (κ3) is 0.892. The van der Waals surface area contributed by atoms with E-state index in [4.69, 9.17) is 10.8 Å². The monoisotopic (exact) mass is 165 g/mol. The molecule has 0 bridgehead atoms. The zero-order chi connectivity index (χ0) is 8.55. The van der Waals surface area contributed by atoms with Crippen LogP contribution in [-0.4, -0.2) is 24.7 Å². The summed E-state index contributed by atoms with van der Waals surface area (Å²) < 4.78 is 1.55. The number of rotatable bonds is 1. The Morgan fingerprint density at radius 2 is 2.33 bits per heavy atom. The van der Waals surface area contributed by atoms with Gasteiger partial charge in [0, 0.05) is 6.20 Å². The number of nitrogen functional groups attached to an aromatic ring is 1. The fraction of sp³-hybridized carbons (Fsp3) is 0.167. The van der Waals surface area contributed by atoms with Gasteiger partial charge in [-0.05, 0) is 0 Å². The van der Waals surface area contributed by atoms with Crippen molar-refractivity contribution in [2.45, 2.75) is 6.61 Å². The van der Waals surface area contributed by atoms with E-state index in [1.54, 1.807) is 10.6 Å². The van der Waals surface area contributed by atoms with Gasteiger partial charge in [-0.15, -0.1) is 10.2 Å². The van der Waals surface area contributed by atoms with Crippen molar-refractivity contribution in [2.75, 3.05) is 5.73 Å². The van der Waals surface area contributed by atoms with E-state index < -0.39 is 0 Å². The number of aliphatic hydroxyl groups excluding tert-OH is 1. The van der Waals surface area contributed by atoms with E-state index in [0.29, 0.717) is 17.3 Å². The molecule has 0 aromatic carbocycles. The first kappa shape index (κ1) is 6.99. The zero-order valence-corrected chi connectivity index (χ0v) is 6.18. The summed E-state index contributed by atoms with van der Waals surface area (Å²) in [5.74, 6) is 0.873. The third-order valence-corrected chi connectivity index (χ3v) is 1.50. The van der Waals surface area contributed by atoms with Gasteiger partial charge in [0.05, 0.1) is 11.9 Å². The van der Waals surface area contributed by atoms with Crippen LogP contribution in [0.2, 0.25) is 0 Å². The Hall–Kier alpha value is -1.69. The van der Waals surface area contributed by atoms with E-state index in [1.165, 1.54) is 6.20 Å². The van der Waals surface area contributed by atoms with E-state index in [9.17, 15) is 0 Å². The molecule has 0 fully saturated rings. The molecule has 0 unspecified atom stereocenters. The molecule has 0 aliphatic heterocycles. The van der Waals surface area contributed by atoms with Crippen LogP contribution in [0.3, 0.4) is 0 Å². The molecule has 0 aliphatic rings. The van der Waals surface area contributed by atoms with Crippen LogP contribution in [0, 0.1) is 0 Å². The van der Waals surface area contributed by atoms with E-state index in [-0.39, 0.29) is 6.61 Å². The molecule has 62 valence electrons. The van der Waals surface area contributed by atoms with Gasteiger partial charge in [-0.1, -0.05) is 0 Å². The molecule has 12 heavy (non-hydrogen) atoms. The van der Waals surface area contributed by atoms with Crippen molar-refractivity contribution in [1.29, 1.82) is 0 Å². The smallest absolute Gasteiger partial charge is 0.255 e. The summed E-state index contributed by atoms with van der Waals surface area (Å²) in [5, 5.41) is 16.2. The van der Waals surface area contributed by atoms with E-state index in [1.807, 2.05) is 0 Å². The molecule has 2 heterocycles. The molecule has 0 radical (unpaired) electrons. The molecule has 0 aliphatic carbocycles. The molecule has 3 N–H and O–H groups in total. The predicted molar refractivity (Wildman–Crippen MR) is 41.1 cm³/mol. The molecular formula is C6H7N5O.